The summed E-state index contributed by atoms with van der Waals surface area (Å²) in [6, 6.07) is 0. The Morgan fingerprint density at radius 1 is 1.22 bits per heavy atom. The van der Waals surface area contributed by atoms with Gasteiger partial charge in [0, 0.05) is 12.8 Å². The number of hydrogen-bond acceptors (Lipinski definition) is 3. The summed E-state index contributed by atoms with van der Waals surface area (Å²) in [5.41, 5.74) is 0. The lowest BCUT2D eigenvalue weighted by atomic mass is 10.1. The van der Waals surface area contributed by atoms with E-state index in [0.29, 0.717) is 12.5 Å². The maximum Gasteiger partial charge on any atom is 0.306 e. The van der Waals surface area contributed by atoms with E-state index in [1.54, 1.807) is 0 Å². The second kappa shape index (κ2) is 10.4. The number of esters is 1. The Morgan fingerprint density at radius 2 is 2.13 bits per heavy atom. The lowest BCUT2D eigenvalue weighted by molar-refractivity contribution is -0.146. The Morgan fingerprint density at radius 3 is 3.00 bits per heavy atom. The smallest absolute Gasteiger partial charge is 0.306 e. The lowest BCUT2D eigenvalue weighted by Crippen LogP contribution is -2.15. The fourth-order valence-electron chi connectivity index (χ4n) is 2.72. The standard InChI is InChI=1S/C20H30O3/c1-2-3-4-5-6-10-13-18-19(23-18)16-15-17-12-9-7-8-11-14-20(21)22-17/h6-7,9-10,15-19H,2-5,8,11-14H2,1H3/b9-7-,10-6-,16-15+/t17-,18+,19-/m1/s1. The Kier molecular flexibility index (Phi) is 8.16. The third kappa shape index (κ3) is 7.65. The van der Waals surface area contributed by atoms with E-state index >= 15 is 0 Å². The van der Waals surface area contributed by atoms with Crippen molar-refractivity contribution in [1.29, 1.82) is 0 Å². The predicted molar refractivity (Wildman–Crippen MR) is 93.2 cm³/mol. The van der Waals surface area contributed by atoms with Crippen molar-refractivity contribution in [2.45, 2.75) is 83.0 Å². The lowest BCUT2D eigenvalue weighted by Gasteiger charge is -2.11. The number of ether oxygens (including phenoxy) is 2. The summed E-state index contributed by atoms with van der Waals surface area (Å²) in [5, 5.41) is 0. The molecule has 0 N–H and O–H groups in total. The van der Waals surface area contributed by atoms with Crippen LogP contribution in [-0.2, 0) is 14.3 Å². The van der Waals surface area contributed by atoms with E-state index in [1.807, 2.05) is 6.08 Å². The van der Waals surface area contributed by atoms with E-state index in [9.17, 15) is 4.79 Å². The van der Waals surface area contributed by atoms with Crippen LogP contribution < -0.4 is 0 Å². The van der Waals surface area contributed by atoms with Gasteiger partial charge in [-0.15, -0.1) is 0 Å². The maximum atomic E-state index is 11.6. The van der Waals surface area contributed by atoms with Crippen LogP contribution >= 0.6 is 0 Å². The quantitative estimate of drug-likeness (QED) is 0.277. The zero-order valence-electron chi connectivity index (χ0n) is 14.3. The molecule has 2 heterocycles. The molecule has 0 unspecified atom stereocenters. The molecule has 2 aliphatic heterocycles. The molecular formula is C20H30O3. The Hall–Kier alpha value is -1.35. The monoisotopic (exact) mass is 318 g/mol. The minimum absolute atomic E-state index is 0.0911. The van der Waals surface area contributed by atoms with Crippen LogP contribution in [0.4, 0.5) is 0 Å². The van der Waals surface area contributed by atoms with Gasteiger partial charge in [0.25, 0.3) is 0 Å². The van der Waals surface area contributed by atoms with Crippen molar-refractivity contribution in [3.05, 3.63) is 36.5 Å². The zero-order valence-corrected chi connectivity index (χ0v) is 14.3. The molecule has 0 radical (unpaired) electrons. The van der Waals surface area contributed by atoms with Gasteiger partial charge < -0.3 is 9.47 Å². The molecule has 0 aromatic rings. The van der Waals surface area contributed by atoms with E-state index in [-0.39, 0.29) is 18.2 Å². The third-order valence-electron chi connectivity index (χ3n) is 4.22. The molecule has 0 aliphatic carbocycles. The summed E-state index contributed by atoms with van der Waals surface area (Å²) >= 11 is 0. The summed E-state index contributed by atoms with van der Waals surface area (Å²) < 4.78 is 11.1. The molecule has 0 bridgehead atoms. The van der Waals surface area contributed by atoms with Crippen molar-refractivity contribution >= 4 is 5.97 Å². The highest BCUT2D eigenvalue weighted by Gasteiger charge is 2.35. The first kappa shape index (κ1) is 18.0. The van der Waals surface area contributed by atoms with Crippen LogP contribution in [0.15, 0.2) is 36.5 Å². The fraction of sp³-hybridized carbons (Fsp3) is 0.650. The molecular weight excluding hydrogens is 288 g/mol. The van der Waals surface area contributed by atoms with E-state index in [2.05, 4.69) is 37.3 Å². The number of epoxide rings is 1. The summed E-state index contributed by atoms with van der Waals surface area (Å²) in [5.74, 6) is -0.0911. The minimum Gasteiger partial charge on any atom is -0.458 e. The second-order valence-corrected chi connectivity index (χ2v) is 6.35. The average Bonchev–Trinajstić information content (AvgIpc) is 3.27. The molecule has 0 spiro atoms. The van der Waals surface area contributed by atoms with Gasteiger partial charge in [0.15, 0.2) is 0 Å². The first-order valence-electron chi connectivity index (χ1n) is 9.13. The number of cyclic esters (lactones) is 1. The number of carbonyl (C=O) groups excluding carboxylic acids is 1. The molecule has 0 amide bonds. The maximum absolute atomic E-state index is 11.6. The fourth-order valence-corrected chi connectivity index (χ4v) is 2.72. The van der Waals surface area contributed by atoms with Crippen LogP contribution in [0.5, 0.6) is 0 Å². The van der Waals surface area contributed by atoms with Crippen molar-refractivity contribution in [1.82, 2.24) is 0 Å². The van der Waals surface area contributed by atoms with Gasteiger partial charge in [-0.2, -0.15) is 0 Å². The number of hydrogen-bond donors (Lipinski definition) is 0. The van der Waals surface area contributed by atoms with Crippen LogP contribution in [0.25, 0.3) is 0 Å². The van der Waals surface area contributed by atoms with Crippen LogP contribution in [0.2, 0.25) is 0 Å². The molecule has 0 saturated carbocycles. The largest absolute Gasteiger partial charge is 0.458 e. The van der Waals surface area contributed by atoms with Gasteiger partial charge in [-0.05, 0) is 38.2 Å². The highest BCUT2D eigenvalue weighted by molar-refractivity contribution is 5.69. The van der Waals surface area contributed by atoms with Crippen LogP contribution in [0.1, 0.15) is 64.7 Å². The van der Waals surface area contributed by atoms with Crippen molar-refractivity contribution in [2.24, 2.45) is 0 Å². The molecule has 1 saturated heterocycles. The zero-order chi connectivity index (χ0) is 16.3. The summed E-state index contributed by atoms with van der Waals surface area (Å²) in [6.07, 6.45) is 22.3. The minimum atomic E-state index is -0.147. The van der Waals surface area contributed by atoms with Crippen LogP contribution in [0, 0.1) is 0 Å². The van der Waals surface area contributed by atoms with Crippen molar-refractivity contribution in [2.75, 3.05) is 0 Å². The Bertz CT molecular complexity index is 436. The molecule has 3 nitrogen and oxygen atoms in total. The molecule has 2 aliphatic rings. The molecule has 3 heteroatoms. The predicted octanol–water partition coefficient (Wildman–Crippen LogP) is 4.88. The number of rotatable bonds is 8. The van der Waals surface area contributed by atoms with Gasteiger partial charge in [-0.3, -0.25) is 4.79 Å². The first-order chi connectivity index (χ1) is 11.3. The number of allylic oxidation sites excluding steroid dienone is 2. The summed E-state index contributed by atoms with van der Waals surface area (Å²) in [6.45, 7) is 2.23. The molecule has 2 rings (SSSR count). The number of unbranched alkanes of at least 4 members (excludes halogenated alkanes) is 3. The van der Waals surface area contributed by atoms with Gasteiger partial charge in [-0.25, -0.2) is 0 Å². The van der Waals surface area contributed by atoms with Crippen LogP contribution in [-0.4, -0.2) is 24.3 Å². The topological polar surface area (TPSA) is 38.8 Å². The second-order valence-electron chi connectivity index (χ2n) is 6.35. The van der Waals surface area contributed by atoms with Gasteiger partial charge in [0.1, 0.15) is 12.2 Å². The number of carbonyl (C=O) groups is 1. The van der Waals surface area contributed by atoms with E-state index in [4.69, 9.17) is 9.47 Å². The highest BCUT2D eigenvalue weighted by Crippen LogP contribution is 2.27. The van der Waals surface area contributed by atoms with E-state index in [1.165, 1.54) is 25.7 Å². The Balaban J connectivity index is 1.66. The molecule has 1 fully saturated rings. The van der Waals surface area contributed by atoms with Gasteiger partial charge in [0.2, 0.25) is 0 Å². The van der Waals surface area contributed by atoms with Gasteiger partial charge in [-0.1, -0.05) is 50.1 Å². The summed E-state index contributed by atoms with van der Waals surface area (Å²) in [4.78, 5) is 11.6. The molecule has 3 atom stereocenters. The first-order valence-corrected chi connectivity index (χ1v) is 9.13. The molecule has 23 heavy (non-hydrogen) atoms. The normalized spacial score (nSPS) is 30.0. The van der Waals surface area contributed by atoms with Crippen molar-refractivity contribution < 1.29 is 14.3 Å². The molecule has 0 aromatic heterocycles. The Labute approximate surface area is 140 Å². The van der Waals surface area contributed by atoms with Crippen molar-refractivity contribution in [3.8, 4) is 0 Å². The van der Waals surface area contributed by atoms with Crippen molar-refractivity contribution in [3.63, 3.8) is 0 Å². The highest BCUT2D eigenvalue weighted by atomic mass is 16.6. The molecule has 0 aromatic carbocycles. The average molecular weight is 318 g/mol. The van der Waals surface area contributed by atoms with Gasteiger partial charge in [0.05, 0.1) is 6.10 Å². The SMILES string of the molecule is CCCCC/C=C\C[C@@H]1O[C@@H]1/C=C/[C@H]1C/C=C\CCCC(=O)O1. The molecule has 128 valence electrons. The van der Waals surface area contributed by atoms with Gasteiger partial charge >= 0.3 is 5.97 Å². The van der Waals surface area contributed by atoms with Crippen LogP contribution in [0.3, 0.4) is 0 Å². The van der Waals surface area contributed by atoms with E-state index < -0.39 is 0 Å². The third-order valence-corrected chi connectivity index (χ3v) is 4.22. The van der Waals surface area contributed by atoms with E-state index in [0.717, 1.165) is 25.7 Å². The summed E-state index contributed by atoms with van der Waals surface area (Å²) in [7, 11) is 0.